The molecule has 0 N–H and O–H groups in total. The molecule has 0 aliphatic rings. The van der Waals surface area contributed by atoms with Crippen LogP contribution in [0.1, 0.15) is 20.8 Å². The number of carbonyl (C=O) groups excluding carboxylic acids is 2. The number of ether oxygens (including phenoxy) is 4. The van der Waals surface area contributed by atoms with Crippen LogP contribution in [-0.4, -0.2) is 56.5 Å². The normalized spacial score (nSPS) is 15.3. The van der Waals surface area contributed by atoms with Crippen molar-refractivity contribution < 1.29 is 46.1 Å². The average Bonchev–Trinajstić information content (AvgIpc) is 2.40. The summed E-state index contributed by atoms with van der Waals surface area (Å²) in [5, 5.41) is 0. The Hall–Kier alpha value is -1.26. The first kappa shape index (κ1) is 20.7. The minimum Gasteiger partial charge on any atom is -0.467 e. The van der Waals surface area contributed by atoms with Gasteiger partial charge in [0, 0.05) is 0 Å². The largest absolute Gasteiger partial charge is 0.467 e. The van der Waals surface area contributed by atoms with Crippen molar-refractivity contribution in [2.24, 2.45) is 0 Å². The number of hydrogen-bond acceptors (Lipinski definition) is 6. The van der Waals surface area contributed by atoms with Crippen LogP contribution in [0, 0.1) is 0 Å². The molecular weight excluding hydrogens is 316 g/mol. The van der Waals surface area contributed by atoms with Crippen LogP contribution in [0.3, 0.4) is 0 Å². The van der Waals surface area contributed by atoms with Crippen LogP contribution >= 0.6 is 0 Å². The summed E-state index contributed by atoms with van der Waals surface area (Å²) in [5.74, 6) is -1.49. The van der Waals surface area contributed by atoms with E-state index in [0.29, 0.717) is 0 Å². The lowest BCUT2D eigenvalue weighted by atomic mass is 10.3. The molecule has 0 aromatic heterocycles. The number of alkyl halides is 4. The quantitative estimate of drug-likeness (QED) is 0.448. The first-order valence-electron chi connectivity index (χ1n) is 6.17. The molecule has 0 heterocycles. The third kappa shape index (κ3) is 8.25. The summed E-state index contributed by atoms with van der Waals surface area (Å²) in [7, 11) is 1.01. The molecule has 0 spiro atoms. The molecule has 0 saturated heterocycles. The van der Waals surface area contributed by atoms with Gasteiger partial charge in [0.05, 0.1) is 7.11 Å². The van der Waals surface area contributed by atoms with Gasteiger partial charge in [-0.25, -0.2) is 4.79 Å². The van der Waals surface area contributed by atoms with Gasteiger partial charge in [-0.15, -0.1) is 0 Å². The molecule has 2 atom stereocenters. The first-order chi connectivity index (χ1) is 9.90. The lowest BCUT2D eigenvalue weighted by Gasteiger charge is -2.25. The molecular formula is C12H18F4O6. The van der Waals surface area contributed by atoms with E-state index in [1.54, 1.807) is 0 Å². The molecule has 0 rings (SSSR count). The molecule has 0 aromatic carbocycles. The van der Waals surface area contributed by atoms with Gasteiger partial charge in [0.1, 0.15) is 19.3 Å². The number of rotatable bonds is 10. The maximum absolute atomic E-state index is 13.2. The second-order valence-corrected chi connectivity index (χ2v) is 4.42. The highest BCUT2D eigenvalue weighted by Crippen LogP contribution is 2.28. The molecule has 0 bridgehead atoms. The smallest absolute Gasteiger partial charge is 0.383 e. The zero-order valence-electron chi connectivity index (χ0n) is 12.5. The molecule has 0 saturated carbocycles. The highest BCUT2D eigenvalue weighted by molar-refractivity contribution is 5.79. The summed E-state index contributed by atoms with van der Waals surface area (Å²) >= 11 is 0. The van der Waals surface area contributed by atoms with Crippen LogP contribution in [0.25, 0.3) is 0 Å². The van der Waals surface area contributed by atoms with Gasteiger partial charge in [-0.2, -0.15) is 17.6 Å². The van der Waals surface area contributed by atoms with Gasteiger partial charge < -0.3 is 14.2 Å². The van der Waals surface area contributed by atoms with Gasteiger partial charge >= 0.3 is 18.2 Å². The molecule has 0 amide bonds. The van der Waals surface area contributed by atoms with E-state index in [4.69, 9.17) is 0 Å². The van der Waals surface area contributed by atoms with Crippen LogP contribution < -0.4 is 0 Å². The van der Waals surface area contributed by atoms with E-state index < -0.39 is 49.4 Å². The topological polar surface area (TPSA) is 71.1 Å². The number of methoxy groups -OCH3 is 1. The maximum atomic E-state index is 13.2. The van der Waals surface area contributed by atoms with Crippen molar-refractivity contribution in [2.75, 3.05) is 20.3 Å². The summed E-state index contributed by atoms with van der Waals surface area (Å²) in [6.45, 7) is 0.284. The number of halogens is 4. The zero-order chi connectivity index (χ0) is 17.6. The van der Waals surface area contributed by atoms with E-state index >= 15 is 0 Å². The van der Waals surface area contributed by atoms with Crippen LogP contribution in [0.2, 0.25) is 0 Å². The number of carbonyl (C=O) groups is 2. The molecule has 22 heavy (non-hydrogen) atoms. The van der Waals surface area contributed by atoms with E-state index in [1.807, 2.05) is 0 Å². The van der Waals surface area contributed by atoms with Crippen molar-refractivity contribution >= 4 is 11.8 Å². The van der Waals surface area contributed by atoms with E-state index in [0.717, 1.165) is 21.0 Å². The van der Waals surface area contributed by atoms with Crippen molar-refractivity contribution in [3.63, 3.8) is 0 Å². The molecule has 10 heteroatoms. The van der Waals surface area contributed by atoms with E-state index in [9.17, 15) is 27.2 Å². The fraction of sp³-hybridized carbons (Fsp3) is 0.833. The minimum absolute atomic E-state index is 0.544. The Labute approximate surface area is 124 Å². The Morgan fingerprint density at radius 1 is 0.955 bits per heavy atom. The summed E-state index contributed by atoms with van der Waals surface area (Å²) in [4.78, 5) is 21.7. The molecule has 0 radical (unpaired) electrons. The molecule has 0 unspecified atom stereocenters. The van der Waals surface area contributed by atoms with Crippen LogP contribution in [0.4, 0.5) is 17.6 Å². The Morgan fingerprint density at radius 2 is 1.36 bits per heavy atom. The lowest BCUT2D eigenvalue weighted by Crippen LogP contribution is -2.41. The van der Waals surface area contributed by atoms with Crippen molar-refractivity contribution in [1.29, 1.82) is 0 Å². The predicted octanol–water partition coefficient (Wildman–Crippen LogP) is 1.76. The second kappa shape index (κ2) is 8.39. The van der Waals surface area contributed by atoms with E-state index in [2.05, 4.69) is 18.9 Å². The van der Waals surface area contributed by atoms with E-state index in [1.165, 1.54) is 6.92 Å². The average molecular weight is 334 g/mol. The Morgan fingerprint density at radius 3 is 1.73 bits per heavy atom. The molecule has 130 valence electrons. The fourth-order valence-electron chi connectivity index (χ4n) is 1.07. The van der Waals surface area contributed by atoms with Gasteiger partial charge in [-0.05, 0) is 20.8 Å². The second-order valence-electron chi connectivity index (χ2n) is 4.42. The Kier molecular flexibility index (Phi) is 7.91. The first-order valence-corrected chi connectivity index (χ1v) is 6.17. The van der Waals surface area contributed by atoms with Crippen LogP contribution in [0.5, 0.6) is 0 Å². The van der Waals surface area contributed by atoms with Gasteiger partial charge in [-0.1, -0.05) is 0 Å². The van der Waals surface area contributed by atoms with Crippen LogP contribution in [0.15, 0.2) is 0 Å². The van der Waals surface area contributed by atoms with Crippen molar-refractivity contribution in [3.8, 4) is 0 Å². The molecule has 0 aliphatic carbocycles. The highest BCUT2D eigenvalue weighted by atomic mass is 19.3. The number of esters is 1. The zero-order valence-corrected chi connectivity index (χ0v) is 12.5. The third-order valence-electron chi connectivity index (χ3n) is 2.41. The fourth-order valence-corrected chi connectivity index (χ4v) is 1.07. The molecule has 0 aliphatic heterocycles. The molecule has 6 nitrogen and oxygen atoms in total. The summed E-state index contributed by atoms with van der Waals surface area (Å²) in [6.07, 6.45) is -11.3. The Bertz CT molecular complexity index is 388. The predicted molar refractivity (Wildman–Crippen MR) is 64.5 cm³/mol. The monoisotopic (exact) mass is 334 g/mol. The molecule has 0 fully saturated rings. The maximum Gasteiger partial charge on any atom is 0.383 e. The third-order valence-corrected chi connectivity index (χ3v) is 2.41. The van der Waals surface area contributed by atoms with Gasteiger partial charge in [-0.3, -0.25) is 9.53 Å². The molecule has 0 aromatic rings. The number of ketones is 1. The summed E-state index contributed by atoms with van der Waals surface area (Å²) < 4.78 is 69.2. The summed E-state index contributed by atoms with van der Waals surface area (Å²) in [5.41, 5.74) is 0. The van der Waals surface area contributed by atoms with Crippen molar-refractivity contribution in [2.45, 2.75) is 45.2 Å². The van der Waals surface area contributed by atoms with E-state index in [-0.39, 0.29) is 0 Å². The lowest BCUT2D eigenvalue weighted by molar-refractivity contribution is -0.395. The van der Waals surface area contributed by atoms with Gasteiger partial charge in [0.25, 0.3) is 0 Å². The van der Waals surface area contributed by atoms with Gasteiger partial charge in [0.2, 0.25) is 0 Å². The van der Waals surface area contributed by atoms with Crippen LogP contribution in [-0.2, 0) is 28.5 Å². The van der Waals surface area contributed by atoms with Gasteiger partial charge in [0.15, 0.2) is 11.9 Å². The highest BCUT2D eigenvalue weighted by Gasteiger charge is 2.45. The SMILES string of the molecule is COC(=O)[C@@H](C)OCC(F)(F)OC(F)(F)CO[C@@H](C)C(C)=O. The summed E-state index contributed by atoms with van der Waals surface area (Å²) in [6, 6.07) is 0. The standard InChI is InChI=1S/C12H18F4O6/c1-7(17)8(2)20-5-11(13,14)22-12(15,16)6-21-9(3)10(18)19-4/h8-9H,5-6H2,1-4H3/t8-,9+/m0/s1. The number of Topliss-reactive ketones (excluding diaryl/α,β-unsaturated/α-hetero) is 1. The van der Waals surface area contributed by atoms with Crippen molar-refractivity contribution in [1.82, 2.24) is 0 Å². The van der Waals surface area contributed by atoms with Crippen molar-refractivity contribution in [3.05, 3.63) is 0 Å². The Balaban J connectivity index is 4.42. The number of hydrogen-bond donors (Lipinski definition) is 0. The minimum atomic E-state index is -4.37.